The quantitative estimate of drug-likeness (QED) is 0.642. The molecular weight excluding hydrogens is 278 g/mol. The predicted octanol–water partition coefficient (Wildman–Crippen LogP) is 3.23. The van der Waals surface area contributed by atoms with Gasteiger partial charge in [0.2, 0.25) is 5.90 Å². The first-order valence-corrected chi connectivity index (χ1v) is 6.94. The minimum absolute atomic E-state index is 0.328. The standard InChI is InChI=1S/C18H15NO3/c1-21-15-9-7-14(8-10-15)12-17-19-16(18(20)22-17)11-13-5-3-2-4-6-13/h2-11H,12H2,1H3/b16-11+. The molecule has 1 aliphatic rings. The van der Waals surface area contributed by atoms with Crippen LogP contribution in [0.1, 0.15) is 11.1 Å². The molecule has 110 valence electrons. The van der Waals surface area contributed by atoms with Gasteiger partial charge in [-0.1, -0.05) is 42.5 Å². The number of aliphatic imine (C=N–C) groups is 1. The van der Waals surface area contributed by atoms with E-state index in [0.717, 1.165) is 16.9 Å². The van der Waals surface area contributed by atoms with Crippen molar-refractivity contribution in [2.45, 2.75) is 6.42 Å². The lowest BCUT2D eigenvalue weighted by atomic mass is 10.1. The monoisotopic (exact) mass is 293 g/mol. The summed E-state index contributed by atoms with van der Waals surface area (Å²) in [7, 11) is 1.62. The Morgan fingerprint density at radius 1 is 1.09 bits per heavy atom. The SMILES string of the molecule is COc1ccc(CC2=N/C(=C/c3ccccc3)C(=O)O2)cc1. The van der Waals surface area contributed by atoms with Gasteiger partial charge in [-0.2, -0.15) is 0 Å². The molecule has 0 atom stereocenters. The van der Waals surface area contributed by atoms with Crippen molar-refractivity contribution in [1.82, 2.24) is 0 Å². The van der Waals surface area contributed by atoms with E-state index in [1.807, 2.05) is 54.6 Å². The smallest absolute Gasteiger partial charge is 0.363 e. The molecule has 4 heteroatoms. The summed E-state index contributed by atoms with van der Waals surface area (Å²) in [5.74, 6) is 0.795. The van der Waals surface area contributed by atoms with Crippen molar-refractivity contribution in [3.05, 3.63) is 71.4 Å². The van der Waals surface area contributed by atoms with E-state index in [9.17, 15) is 4.79 Å². The van der Waals surface area contributed by atoms with Gasteiger partial charge in [0, 0.05) is 6.42 Å². The highest BCUT2D eigenvalue weighted by molar-refractivity contribution is 6.07. The molecule has 0 aromatic heterocycles. The van der Waals surface area contributed by atoms with E-state index in [0.29, 0.717) is 18.0 Å². The molecule has 0 saturated carbocycles. The van der Waals surface area contributed by atoms with Crippen LogP contribution in [0.4, 0.5) is 0 Å². The van der Waals surface area contributed by atoms with E-state index in [2.05, 4.69) is 4.99 Å². The molecule has 3 rings (SSSR count). The van der Waals surface area contributed by atoms with Crippen molar-refractivity contribution in [3.8, 4) is 5.75 Å². The Morgan fingerprint density at radius 3 is 2.50 bits per heavy atom. The van der Waals surface area contributed by atoms with Crippen molar-refractivity contribution in [1.29, 1.82) is 0 Å². The van der Waals surface area contributed by atoms with E-state index in [1.165, 1.54) is 0 Å². The van der Waals surface area contributed by atoms with Gasteiger partial charge in [-0.3, -0.25) is 0 Å². The van der Waals surface area contributed by atoms with Gasteiger partial charge in [-0.15, -0.1) is 0 Å². The third-order valence-corrected chi connectivity index (χ3v) is 3.28. The zero-order chi connectivity index (χ0) is 15.4. The minimum Gasteiger partial charge on any atom is -0.497 e. The van der Waals surface area contributed by atoms with Crippen molar-refractivity contribution in [3.63, 3.8) is 0 Å². The molecule has 0 unspecified atom stereocenters. The summed E-state index contributed by atoms with van der Waals surface area (Å²) in [6, 6.07) is 17.2. The molecule has 0 bridgehead atoms. The first-order chi connectivity index (χ1) is 10.7. The molecule has 0 aliphatic carbocycles. The maximum Gasteiger partial charge on any atom is 0.363 e. The summed E-state index contributed by atoms with van der Waals surface area (Å²) in [5.41, 5.74) is 2.26. The van der Waals surface area contributed by atoms with E-state index in [1.54, 1.807) is 13.2 Å². The van der Waals surface area contributed by atoms with Crippen LogP contribution in [-0.4, -0.2) is 19.0 Å². The number of ether oxygens (including phenoxy) is 2. The van der Waals surface area contributed by atoms with E-state index in [-0.39, 0.29) is 0 Å². The number of hydrogen-bond acceptors (Lipinski definition) is 4. The highest BCUT2D eigenvalue weighted by atomic mass is 16.6. The third-order valence-electron chi connectivity index (χ3n) is 3.28. The lowest BCUT2D eigenvalue weighted by Crippen LogP contribution is -2.06. The van der Waals surface area contributed by atoms with Gasteiger partial charge >= 0.3 is 5.97 Å². The topological polar surface area (TPSA) is 47.9 Å². The van der Waals surface area contributed by atoms with Gasteiger partial charge in [0.1, 0.15) is 5.75 Å². The maximum atomic E-state index is 11.9. The van der Waals surface area contributed by atoms with Gasteiger partial charge in [-0.05, 0) is 29.3 Å². The molecule has 0 N–H and O–H groups in total. The van der Waals surface area contributed by atoms with Crippen molar-refractivity contribution in [2.75, 3.05) is 7.11 Å². The average molecular weight is 293 g/mol. The van der Waals surface area contributed by atoms with Crippen LogP contribution < -0.4 is 4.74 Å². The molecule has 0 spiro atoms. The lowest BCUT2D eigenvalue weighted by Gasteiger charge is -2.02. The van der Waals surface area contributed by atoms with Gasteiger partial charge in [0.15, 0.2) is 5.70 Å². The Morgan fingerprint density at radius 2 is 1.82 bits per heavy atom. The largest absolute Gasteiger partial charge is 0.497 e. The lowest BCUT2D eigenvalue weighted by molar-refractivity contribution is -0.130. The van der Waals surface area contributed by atoms with Crippen LogP contribution in [0.25, 0.3) is 6.08 Å². The molecule has 2 aromatic rings. The molecule has 4 nitrogen and oxygen atoms in total. The summed E-state index contributed by atoms with van der Waals surface area (Å²) < 4.78 is 10.3. The minimum atomic E-state index is -0.410. The maximum absolute atomic E-state index is 11.9. The zero-order valence-electron chi connectivity index (χ0n) is 12.2. The Kier molecular flexibility index (Phi) is 4.01. The number of nitrogens with zero attached hydrogens (tertiary/aromatic N) is 1. The number of carbonyl (C=O) groups is 1. The highest BCUT2D eigenvalue weighted by Crippen LogP contribution is 2.18. The molecular formula is C18H15NO3. The molecule has 1 aliphatic heterocycles. The number of cyclic esters (lactones) is 1. The average Bonchev–Trinajstić information content (AvgIpc) is 2.88. The van der Waals surface area contributed by atoms with Gasteiger partial charge in [-0.25, -0.2) is 9.79 Å². The molecule has 1 heterocycles. The number of methoxy groups -OCH3 is 1. The Bertz CT molecular complexity index is 731. The highest BCUT2D eigenvalue weighted by Gasteiger charge is 2.22. The van der Waals surface area contributed by atoms with E-state index >= 15 is 0 Å². The molecule has 0 amide bonds. The first-order valence-electron chi connectivity index (χ1n) is 6.94. The number of benzene rings is 2. The van der Waals surface area contributed by atoms with E-state index in [4.69, 9.17) is 9.47 Å². The Labute approximate surface area is 128 Å². The van der Waals surface area contributed by atoms with Gasteiger partial charge < -0.3 is 9.47 Å². The fourth-order valence-corrected chi connectivity index (χ4v) is 2.15. The number of carbonyl (C=O) groups excluding carboxylic acids is 1. The van der Waals surface area contributed by atoms with Gasteiger partial charge in [0.25, 0.3) is 0 Å². The van der Waals surface area contributed by atoms with Crippen molar-refractivity contribution >= 4 is 17.9 Å². The number of rotatable bonds is 4. The summed E-state index contributed by atoms with van der Waals surface area (Å²) in [6.07, 6.45) is 2.20. The second-order valence-electron chi connectivity index (χ2n) is 4.86. The fourth-order valence-electron chi connectivity index (χ4n) is 2.15. The third kappa shape index (κ3) is 3.23. The molecule has 0 fully saturated rings. The van der Waals surface area contributed by atoms with Crippen LogP contribution in [0.5, 0.6) is 5.75 Å². The Balaban J connectivity index is 1.76. The van der Waals surface area contributed by atoms with Gasteiger partial charge in [0.05, 0.1) is 7.11 Å². The van der Waals surface area contributed by atoms with Crippen LogP contribution in [-0.2, 0) is 16.0 Å². The van der Waals surface area contributed by atoms with Crippen molar-refractivity contribution < 1.29 is 14.3 Å². The molecule has 0 saturated heterocycles. The zero-order valence-corrected chi connectivity index (χ0v) is 12.2. The van der Waals surface area contributed by atoms with Crippen LogP contribution >= 0.6 is 0 Å². The molecule has 2 aromatic carbocycles. The second-order valence-corrected chi connectivity index (χ2v) is 4.86. The molecule has 0 radical (unpaired) electrons. The summed E-state index contributed by atoms with van der Waals surface area (Å²) >= 11 is 0. The van der Waals surface area contributed by atoms with Crippen LogP contribution in [0.3, 0.4) is 0 Å². The summed E-state index contributed by atoms with van der Waals surface area (Å²) in [4.78, 5) is 16.1. The first kappa shape index (κ1) is 14.1. The summed E-state index contributed by atoms with van der Waals surface area (Å²) in [5, 5.41) is 0. The van der Waals surface area contributed by atoms with E-state index < -0.39 is 5.97 Å². The summed E-state index contributed by atoms with van der Waals surface area (Å²) in [6.45, 7) is 0. The van der Waals surface area contributed by atoms with Crippen LogP contribution in [0.15, 0.2) is 65.3 Å². The van der Waals surface area contributed by atoms with Crippen LogP contribution in [0, 0.1) is 0 Å². The Hall–Kier alpha value is -2.88. The van der Waals surface area contributed by atoms with Crippen molar-refractivity contribution in [2.24, 2.45) is 4.99 Å². The number of esters is 1. The fraction of sp³-hybridized carbons (Fsp3) is 0.111. The predicted molar refractivity (Wildman–Crippen MR) is 84.6 cm³/mol. The number of hydrogen-bond donors (Lipinski definition) is 0. The molecule has 22 heavy (non-hydrogen) atoms. The normalized spacial score (nSPS) is 15.6. The van der Waals surface area contributed by atoms with Crippen LogP contribution in [0.2, 0.25) is 0 Å². The second kappa shape index (κ2) is 6.26.